The second kappa shape index (κ2) is 6.62. The molecule has 2 nitrogen and oxygen atoms in total. The fraction of sp³-hybridized carbons (Fsp3) is 0.235. The van der Waals surface area contributed by atoms with Crippen molar-refractivity contribution in [3.8, 4) is 0 Å². The highest BCUT2D eigenvalue weighted by molar-refractivity contribution is 7.99. The van der Waals surface area contributed by atoms with Gasteiger partial charge >= 0.3 is 0 Å². The minimum Gasteiger partial charge on any atom is -0.369 e. The third-order valence-corrected chi connectivity index (χ3v) is 3.99. The number of nitrogens with zero attached hydrogens (tertiary/aromatic N) is 2. The zero-order valence-corrected chi connectivity index (χ0v) is 13.2. The van der Waals surface area contributed by atoms with Gasteiger partial charge in [-0.25, -0.2) is 4.99 Å². The van der Waals surface area contributed by atoms with E-state index in [1.54, 1.807) is 11.8 Å². The molecule has 0 atom stereocenters. The molecule has 2 aromatic carbocycles. The summed E-state index contributed by atoms with van der Waals surface area (Å²) in [5, 5.41) is 0. The van der Waals surface area contributed by atoms with Crippen LogP contribution >= 0.6 is 11.8 Å². The minimum atomic E-state index is 0.975. The van der Waals surface area contributed by atoms with E-state index >= 15 is 0 Å². The number of hydrogen-bond acceptors (Lipinski definition) is 2. The second-order valence-electron chi connectivity index (χ2n) is 5.05. The summed E-state index contributed by atoms with van der Waals surface area (Å²) in [6, 6.07) is 14.9. The van der Waals surface area contributed by atoms with Crippen molar-refractivity contribution < 1.29 is 0 Å². The van der Waals surface area contributed by atoms with Gasteiger partial charge in [-0.2, -0.15) is 0 Å². The summed E-state index contributed by atoms with van der Waals surface area (Å²) < 4.78 is 0. The van der Waals surface area contributed by atoms with E-state index in [0.717, 1.165) is 5.69 Å². The standard InChI is InChI=1S/C17H20N2S/c1-13-5-8-17(11-14(13)2)20-16-9-6-15(7-10-16)18-12-19(3)4/h5-12H,1-4H3. The Morgan fingerprint density at radius 3 is 2.15 bits per heavy atom. The van der Waals surface area contributed by atoms with E-state index in [2.05, 4.69) is 49.2 Å². The van der Waals surface area contributed by atoms with Crippen molar-refractivity contribution in [2.75, 3.05) is 14.1 Å². The fourth-order valence-corrected chi connectivity index (χ4v) is 2.61. The van der Waals surface area contributed by atoms with Gasteiger partial charge in [0.05, 0.1) is 12.0 Å². The first kappa shape index (κ1) is 14.7. The molecule has 0 heterocycles. The summed E-state index contributed by atoms with van der Waals surface area (Å²) in [5.74, 6) is 0. The summed E-state index contributed by atoms with van der Waals surface area (Å²) in [5.41, 5.74) is 3.65. The molecule has 0 N–H and O–H groups in total. The summed E-state index contributed by atoms with van der Waals surface area (Å²) in [7, 11) is 3.93. The molecule has 0 aliphatic carbocycles. The van der Waals surface area contributed by atoms with Gasteiger partial charge in [-0.3, -0.25) is 0 Å². The second-order valence-corrected chi connectivity index (χ2v) is 6.20. The molecule has 2 rings (SSSR count). The lowest BCUT2D eigenvalue weighted by Crippen LogP contribution is -2.06. The molecule has 20 heavy (non-hydrogen) atoms. The molecule has 0 aliphatic heterocycles. The maximum absolute atomic E-state index is 4.37. The van der Waals surface area contributed by atoms with Crippen LogP contribution in [-0.2, 0) is 0 Å². The molecular formula is C17H20N2S. The highest BCUT2D eigenvalue weighted by atomic mass is 32.2. The van der Waals surface area contributed by atoms with E-state index in [0.29, 0.717) is 0 Å². The van der Waals surface area contributed by atoms with Crippen LogP contribution in [0.5, 0.6) is 0 Å². The van der Waals surface area contributed by atoms with Gasteiger partial charge < -0.3 is 4.90 Å². The van der Waals surface area contributed by atoms with Gasteiger partial charge in [0.1, 0.15) is 0 Å². The van der Waals surface area contributed by atoms with Crippen LogP contribution in [0.15, 0.2) is 57.2 Å². The Bertz CT molecular complexity index is 601. The molecule has 0 bridgehead atoms. The van der Waals surface area contributed by atoms with E-state index in [1.807, 2.05) is 37.5 Å². The number of benzene rings is 2. The Kier molecular flexibility index (Phi) is 4.85. The lowest BCUT2D eigenvalue weighted by atomic mass is 10.1. The van der Waals surface area contributed by atoms with Crippen LogP contribution in [0.1, 0.15) is 11.1 Å². The first-order valence-electron chi connectivity index (χ1n) is 6.60. The number of aryl methyl sites for hydroxylation is 2. The summed E-state index contributed by atoms with van der Waals surface area (Å²) in [6.45, 7) is 4.29. The van der Waals surface area contributed by atoms with Crippen LogP contribution in [0.3, 0.4) is 0 Å². The smallest absolute Gasteiger partial charge is 0.0907 e. The first-order chi connectivity index (χ1) is 9.54. The maximum atomic E-state index is 4.37. The Morgan fingerprint density at radius 2 is 1.55 bits per heavy atom. The van der Waals surface area contributed by atoms with Crippen LogP contribution in [0.2, 0.25) is 0 Å². The van der Waals surface area contributed by atoms with Crippen molar-refractivity contribution in [1.29, 1.82) is 0 Å². The molecule has 0 saturated heterocycles. The lowest BCUT2D eigenvalue weighted by Gasteiger charge is -2.06. The molecule has 0 radical (unpaired) electrons. The SMILES string of the molecule is Cc1ccc(Sc2ccc(N=CN(C)C)cc2)cc1C. The van der Waals surface area contributed by atoms with Gasteiger partial charge in [0.25, 0.3) is 0 Å². The van der Waals surface area contributed by atoms with Crippen LogP contribution in [0.4, 0.5) is 5.69 Å². The Labute approximate surface area is 125 Å². The Morgan fingerprint density at radius 1 is 0.900 bits per heavy atom. The highest BCUT2D eigenvalue weighted by Gasteiger charge is 2.00. The summed E-state index contributed by atoms with van der Waals surface area (Å²) in [4.78, 5) is 8.81. The molecule has 0 amide bonds. The topological polar surface area (TPSA) is 15.6 Å². The quantitative estimate of drug-likeness (QED) is 0.598. The van der Waals surface area contributed by atoms with E-state index in [4.69, 9.17) is 0 Å². The highest BCUT2D eigenvalue weighted by Crippen LogP contribution is 2.30. The van der Waals surface area contributed by atoms with Gasteiger partial charge in [0.15, 0.2) is 0 Å². The summed E-state index contributed by atoms with van der Waals surface area (Å²) >= 11 is 1.78. The van der Waals surface area contributed by atoms with Gasteiger partial charge in [-0.05, 0) is 61.4 Å². The fourth-order valence-electron chi connectivity index (χ4n) is 1.70. The van der Waals surface area contributed by atoms with E-state index in [-0.39, 0.29) is 0 Å². The number of rotatable bonds is 4. The summed E-state index contributed by atoms with van der Waals surface area (Å²) in [6.07, 6.45) is 1.81. The van der Waals surface area contributed by atoms with Crippen LogP contribution in [-0.4, -0.2) is 25.3 Å². The van der Waals surface area contributed by atoms with E-state index in [1.165, 1.54) is 20.9 Å². The Hall–Kier alpha value is -1.74. The molecule has 0 spiro atoms. The van der Waals surface area contributed by atoms with E-state index < -0.39 is 0 Å². The maximum Gasteiger partial charge on any atom is 0.0907 e. The average molecular weight is 284 g/mol. The molecule has 104 valence electrons. The Balaban J connectivity index is 2.08. The normalized spacial score (nSPS) is 11.0. The minimum absolute atomic E-state index is 0.975. The lowest BCUT2D eigenvalue weighted by molar-refractivity contribution is 0.643. The molecule has 0 aromatic heterocycles. The van der Waals surface area contributed by atoms with Gasteiger partial charge in [-0.1, -0.05) is 17.8 Å². The van der Waals surface area contributed by atoms with Crippen molar-refractivity contribution >= 4 is 23.8 Å². The molecule has 3 heteroatoms. The van der Waals surface area contributed by atoms with Crippen molar-refractivity contribution in [1.82, 2.24) is 4.90 Å². The predicted molar refractivity (Wildman–Crippen MR) is 88.3 cm³/mol. The zero-order valence-electron chi connectivity index (χ0n) is 12.4. The van der Waals surface area contributed by atoms with Crippen molar-refractivity contribution in [2.24, 2.45) is 4.99 Å². The molecule has 0 fully saturated rings. The number of aliphatic imine (C=N–C) groups is 1. The van der Waals surface area contributed by atoms with Gasteiger partial charge in [0.2, 0.25) is 0 Å². The van der Waals surface area contributed by atoms with E-state index in [9.17, 15) is 0 Å². The third-order valence-electron chi connectivity index (χ3n) is 2.99. The zero-order chi connectivity index (χ0) is 14.5. The van der Waals surface area contributed by atoms with Crippen LogP contribution < -0.4 is 0 Å². The van der Waals surface area contributed by atoms with Crippen molar-refractivity contribution in [3.05, 3.63) is 53.6 Å². The average Bonchev–Trinajstić information content (AvgIpc) is 2.42. The van der Waals surface area contributed by atoms with Crippen molar-refractivity contribution in [2.45, 2.75) is 23.6 Å². The number of hydrogen-bond donors (Lipinski definition) is 0. The third kappa shape index (κ3) is 4.14. The van der Waals surface area contributed by atoms with Crippen LogP contribution in [0.25, 0.3) is 0 Å². The van der Waals surface area contributed by atoms with Gasteiger partial charge in [0, 0.05) is 23.9 Å². The predicted octanol–water partition coefficient (Wildman–Crippen LogP) is 4.68. The largest absolute Gasteiger partial charge is 0.369 e. The first-order valence-corrected chi connectivity index (χ1v) is 7.42. The molecule has 0 unspecified atom stereocenters. The molecule has 0 aliphatic rings. The van der Waals surface area contributed by atoms with Gasteiger partial charge in [-0.15, -0.1) is 0 Å². The molecule has 0 saturated carbocycles. The monoisotopic (exact) mass is 284 g/mol. The molecule has 2 aromatic rings. The molecular weight excluding hydrogens is 264 g/mol. The van der Waals surface area contributed by atoms with Crippen molar-refractivity contribution in [3.63, 3.8) is 0 Å². The van der Waals surface area contributed by atoms with Crippen LogP contribution in [0, 0.1) is 13.8 Å².